The van der Waals surface area contributed by atoms with Crippen LogP contribution < -0.4 is 5.48 Å². The van der Waals surface area contributed by atoms with Crippen LogP contribution in [0.3, 0.4) is 0 Å². The number of nitrogens with one attached hydrogen (secondary N) is 1. The molecule has 3 rings (SSSR count). The van der Waals surface area contributed by atoms with Crippen LogP contribution in [-0.4, -0.2) is 27.0 Å². The van der Waals surface area contributed by atoms with Gasteiger partial charge in [0.15, 0.2) is 5.82 Å². The Kier molecular flexibility index (Phi) is 4.81. The molecule has 2 atom stereocenters. The molecule has 0 spiro atoms. The van der Waals surface area contributed by atoms with Crippen LogP contribution in [0.2, 0.25) is 0 Å². The molecule has 0 radical (unpaired) electrons. The first-order valence-corrected chi connectivity index (χ1v) is 8.65. The zero-order chi connectivity index (χ0) is 18.0. The minimum absolute atomic E-state index is 0.240. The van der Waals surface area contributed by atoms with Gasteiger partial charge in [0.2, 0.25) is 0 Å². The van der Waals surface area contributed by atoms with Gasteiger partial charge in [-0.1, -0.05) is 18.2 Å². The largest absolute Gasteiger partial charge is 0.393 e. The van der Waals surface area contributed by atoms with Crippen LogP contribution in [0, 0.1) is 0 Å². The second-order valence-electron chi connectivity index (χ2n) is 7.56. The Morgan fingerprint density at radius 2 is 2.00 bits per heavy atom. The third kappa shape index (κ3) is 4.02. The van der Waals surface area contributed by atoms with Gasteiger partial charge in [0.25, 0.3) is 0 Å². The van der Waals surface area contributed by atoms with E-state index in [1.165, 1.54) is 0 Å². The van der Waals surface area contributed by atoms with Gasteiger partial charge in [0.1, 0.15) is 0 Å². The quantitative estimate of drug-likeness (QED) is 0.832. The van der Waals surface area contributed by atoms with Crippen LogP contribution in [0.15, 0.2) is 36.4 Å². The molecule has 1 heterocycles. The van der Waals surface area contributed by atoms with Crippen molar-refractivity contribution >= 4 is 11.8 Å². The standard InChI is InChI=1S/C19H25N3O3/c1-19(2,3)22-17(12-16(20-22)14-9-10-15(23)11-14)21-25-18(24)13-7-5-4-6-8-13/h4-8,12,14-15,21,23H,9-11H2,1-3H3/t14-,15-/m0/s1. The number of rotatable bonds is 4. The van der Waals surface area contributed by atoms with Crippen LogP contribution in [0.25, 0.3) is 0 Å². The number of hydrogen-bond acceptors (Lipinski definition) is 5. The number of aliphatic hydroxyl groups excluding tert-OH is 1. The molecule has 1 aromatic carbocycles. The van der Waals surface area contributed by atoms with Crippen molar-refractivity contribution < 1.29 is 14.7 Å². The first kappa shape index (κ1) is 17.5. The summed E-state index contributed by atoms with van der Waals surface area (Å²) in [5.74, 6) is 0.428. The lowest BCUT2D eigenvalue weighted by atomic mass is 10.0. The Balaban J connectivity index is 1.77. The van der Waals surface area contributed by atoms with Crippen molar-refractivity contribution in [2.24, 2.45) is 0 Å². The first-order chi connectivity index (χ1) is 11.8. The average Bonchev–Trinajstić information content (AvgIpc) is 3.19. The highest BCUT2D eigenvalue weighted by Gasteiger charge is 2.29. The molecule has 1 aliphatic carbocycles. The number of carbonyl (C=O) groups excluding carboxylic acids is 1. The lowest BCUT2D eigenvalue weighted by Gasteiger charge is -2.22. The summed E-state index contributed by atoms with van der Waals surface area (Å²) >= 11 is 0. The molecule has 0 bridgehead atoms. The third-order valence-electron chi connectivity index (χ3n) is 4.44. The molecule has 0 unspecified atom stereocenters. The molecule has 0 saturated heterocycles. The summed E-state index contributed by atoms with van der Waals surface area (Å²) in [5, 5.41) is 14.5. The van der Waals surface area contributed by atoms with Crippen LogP contribution in [0.5, 0.6) is 0 Å². The van der Waals surface area contributed by atoms with Crippen molar-refractivity contribution in [3.63, 3.8) is 0 Å². The minimum Gasteiger partial charge on any atom is -0.393 e. The normalized spacial score (nSPS) is 20.5. The molecule has 2 N–H and O–H groups in total. The zero-order valence-corrected chi connectivity index (χ0v) is 14.9. The van der Waals surface area contributed by atoms with Crippen molar-refractivity contribution in [1.29, 1.82) is 0 Å². The molecule has 134 valence electrons. The predicted molar refractivity (Wildman–Crippen MR) is 95.3 cm³/mol. The minimum atomic E-state index is -0.444. The first-order valence-electron chi connectivity index (χ1n) is 8.65. The van der Waals surface area contributed by atoms with E-state index in [1.807, 2.05) is 37.6 Å². The summed E-state index contributed by atoms with van der Waals surface area (Å²) in [6.45, 7) is 6.12. The molecule has 0 aliphatic heterocycles. The van der Waals surface area contributed by atoms with Crippen molar-refractivity contribution in [1.82, 2.24) is 9.78 Å². The second kappa shape index (κ2) is 6.88. The van der Waals surface area contributed by atoms with Gasteiger partial charge in [-0.25, -0.2) is 15.0 Å². The summed E-state index contributed by atoms with van der Waals surface area (Å²) in [7, 11) is 0. The number of anilines is 1. The van der Waals surface area contributed by atoms with E-state index in [1.54, 1.807) is 24.3 Å². The molecule has 1 aliphatic rings. The SMILES string of the molecule is CC(C)(C)n1nc([C@H]2CC[C@H](O)C2)cc1NOC(=O)c1ccccc1. The van der Waals surface area contributed by atoms with Gasteiger partial charge in [0, 0.05) is 12.0 Å². The maximum Gasteiger partial charge on any atom is 0.362 e. The second-order valence-corrected chi connectivity index (χ2v) is 7.56. The molecule has 25 heavy (non-hydrogen) atoms. The van der Waals surface area contributed by atoms with Gasteiger partial charge in [-0.05, 0) is 52.2 Å². The van der Waals surface area contributed by atoms with E-state index in [0.717, 1.165) is 25.0 Å². The highest BCUT2D eigenvalue weighted by molar-refractivity contribution is 5.89. The smallest absolute Gasteiger partial charge is 0.362 e. The van der Waals surface area contributed by atoms with E-state index in [4.69, 9.17) is 9.94 Å². The van der Waals surface area contributed by atoms with Gasteiger partial charge in [-0.2, -0.15) is 5.10 Å². The third-order valence-corrected chi connectivity index (χ3v) is 4.44. The van der Waals surface area contributed by atoms with E-state index < -0.39 is 5.97 Å². The molecular formula is C19H25N3O3. The van der Waals surface area contributed by atoms with Gasteiger partial charge < -0.3 is 9.94 Å². The summed E-state index contributed by atoms with van der Waals surface area (Å²) in [4.78, 5) is 17.4. The van der Waals surface area contributed by atoms with Crippen molar-refractivity contribution in [3.8, 4) is 0 Å². The van der Waals surface area contributed by atoms with Crippen LogP contribution in [0.4, 0.5) is 5.82 Å². The number of hydrogen-bond donors (Lipinski definition) is 2. The van der Waals surface area contributed by atoms with Gasteiger partial charge in [0.05, 0.1) is 22.9 Å². The summed E-state index contributed by atoms with van der Waals surface area (Å²) in [6, 6.07) is 10.7. The number of benzene rings is 1. The van der Waals surface area contributed by atoms with E-state index in [2.05, 4.69) is 5.48 Å². The van der Waals surface area contributed by atoms with E-state index >= 15 is 0 Å². The number of nitrogens with zero attached hydrogens (tertiary/aromatic N) is 2. The fourth-order valence-electron chi connectivity index (χ4n) is 3.14. The summed E-state index contributed by atoms with van der Waals surface area (Å²) in [5.41, 5.74) is 3.90. The highest BCUT2D eigenvalue weighted by atomic mass is 16.7. The molecule has 1 saturated carbocycles. The fraction of sp³-hybridized carbons (Fsp3) is 0.474. The number of aliphatic hydroxyl groups is 1. The fourth-order valence-corrected chi connectivity index (χ4v) is 3.14. The Bertz CT molecular complexity index is 734. The molecule has 6 heteroatoms. The molecule has 6 nitrogen and oxygen atoms in total. The average molecular weight is 343 g/mol. The molecule has 2 aromatic rings. The Hall–Kier alpha value is -2.34. The molecule has 1 aromatic heterocycles. The summed E-state index contributed by atoms with van der Waals surface area (Å²) < 4.78 is 1.82. The molecular weight excluding hydrogens is 318 g/mol. The Labute approximate surface area is 147 Å². The van der Waals surface area contributed by atoms with E-state index in [0.29, 0.717) is 11.4 Å². The lowest BCUT2D eigenvalue weighted by Crippen LogP contribution is -2.26. The molecule has 1 fully saturated rings. The topological polar surface area (TPSA) is 76.4 Å². The Morgan fingerprint density at radius 1 is 1.28 bits per heavy atom. The van der Waals surface area contributed by atoms with Crippen molar-refractivity contribution in [2.45, 2.75) is 57.6 Å². The predicted octanol–water partition coefficient (Wildman–Crippen LogP) is 3.45. The van der Waals surface area contributed by atoms with Crippen LogP contribution in [0.1, 0.15) is 62.0 Å². The molecule has 0 amide bonds. The van der Waals surface area contributed by atoms with Gasteiger partial charge in [-0.3, -0.25) is 0 Å². The van der Waals surface area contributed by atoms with Gasteiger partial charge in [-0.15, -0.1) is 0 Å². The number of carbonyl (C=O) groups is 1. The maximum atomic E-state index is 12.1. The van der Waals surface area contributed by atoms with Crippen molar-refractivity contribution in [3.05, 3.63) is 47.7 Å². The monoisotopic (exact) mass is 343 g/mol. The maximum absolute atomic E-state index is 12.1. The van der Waals surface area contributed by atoms with Crippen LogP contribution in [-0.2, 0) is 10.4 Å². The highest BCUT2D eigenvalue weighted by Crippen LogP contribution is 2.35. The summed E-state index contributed by atoms with van der Waals surface area (Å²) in [6.07, 6.45) is 2.20. The van der Waals surface area contributed by atoms with E-state index in [9.17, 15) is 9.90 Å². The van der Waals surface area contributed by atoms with Crippen LogP contribution >= 0.6 is 0 Å². The van der Waals surface area contributed by atoms with Crippen molar-refractivity contribution in [2.75, 3.05) is 5.48 Å². The van der Waals surface area contributed by atoms with E-state index in [-0.39, 0.29) is 17.6 Å². The van der Waals surface area contributed by atoms with Gasteiger partial charge >= 0.3 is 5.97 Å². The zero-order valence-electron chi connectivity index (χ0n) is 14.9. The Morgan fingerprint density at radius 3 is 2.60 bits per heavy atom. The number of aromatic nitrogens is 2. The lowest BCUT2D eigenvalue weighted by molar-refractivity contribution is 0.0591.